The number of sulfonamides is 1. The molecule has 0 saturated carbocycles. The van der Waals surface area contributed by atoms with Crippen LogP contribution in [0.2, 0.25) is 0 Å². The van der Waals surface area contributed by atoms with Gasteiger partial charge in [0.2, 0.25) is 11.8 Å². The van der Waals surface area contributed by atoms with Crippen molar-refractivity contribution in [2.75, 3.05) is 17.4 Å². The van der Waals surface area contributed by atoms with Crippen molar-refractivity contribution in [1.29, 1.82) is 0 Å². The maximum atomic E-state index is 13.9. The van der Waals surface area contributed by atoms with E-state index in [1.54, 1.807) is 43.3 Å². The van der Waals surface area contributed by atoms with E-state index in [4.69, 9.17) is 0 Å². The molecular formula is C29H34BrN3O4S. The molecule has 7 nitrogen and oxygen atoms in total. The van der Waals surface area contributed by atoms with E-state index < -0.39 is 28.5 Å². The predicted octanol–water partition coefficient (Wildman–Crippen LogP) is 5.20. The number of aryl methyl sites for hydroxylation is 2. The molecule has 0 fully saturated rings. The smallest absolute Gasteiger partial charge is 0.264 e. The number of nitrogens with zero attached hydrogens (tertiary/aromatic N) is 2. The number of hydrogen-bond donors (Lipinski definition) is 1. The zero-order chi connectivity index (χ0) is 27.9. The Balaban J connectivity index is 2.02. The molecule has 0 heterocycles. The highest BCUT2D eigenvalue weighted by Crippen LogP contribution is 2.26. The summed E-state index contributed by atoms with van der Waals surface area (Å²) in [5, 5.41) is 2.85. The maximum absolute atomic E-state index is 13.9. The molecule has 3 aromatic rings. The molecule has 3 rings (SSSR count). The molecule has 0 bridgehead atoms. The number of nitrogens with one attached hydrogen (secondary N) is 1. The molecule has 38 heavy (non-hydrogen) atoms. The lowest BCUT2D eigenvalue weighted by Gasteiger charge is -2.32. The molecule has 1 N–H and O–H groups in total. The molecule has 9 heteroatoms. The average molecular weight is 601 g/mol. The zero-order valence-electron chi connectivity index (χ0n) is 22.1. The summed E-state index contributed by atoms with van der Waals surface area (Å²) in [5.74, 6) is -0.767. The molecule has 202 valence electrons. The second kappa shape index (κ2) is 13.1. The summed E-state index contributed by atoms with van der Waals surface area (Å²) in [6, 6.07) is 20.1. The summed E-state index contributed by atoms with van der Waals surface area (Å²) in [4.78, 5) is 28.3. The van der Waals surface area contributed by atoms with E-state index in [1.165, 1.54) is 17.0 Å². The van der Waals surface area contributed by atoms with Gasteiger partial charge in [0.05, 0.1) is 10.6 Å². The number of carbonyl (C=O) groups is 2. The molecule has 2 amide bonds. The van der Waals surface area contributed by atoms with Gasteiger partial charge in [-0.2, -0.15) is 0 Å². The van der Waals surface area contributed by atoms with Crippen molar-refractivity contribution in [2.45, 2.75) is 51.6 Å². The van der Waals surface area contributed by atoms with Crippen molar-refractivity contribution < 1.29 is 18.0 Å². The fourth-order valence-electron chi connectivity index (χ4n) is 3.92. The summed E-state index contributed by atoms with van der Waals surface area (Å²) < 4.78 is 29.5. The summed E-state index contributed by atoms with van der Waals surface area (Å²) in [6.45, 7) is 7.63. The minimum atomic E-state index is -4.08. The SMILES string of the molecule is CCCNC(=O)[C@@H](C)N(Cc1ccccc1C)C(=O)CN(c1ccc(Br)cc1)S(=O)(=O)c1ccc(C)cc1. The molecule has 0 aliphatic heterocycles. The number of halogens is 1. The van der Waals surface area contributed by atoms with Gasteiger partial charge in [0.1, 0.15) is 12.6 Å². The van der Waals surface area contributed by atoms with E-state index in [1.807, 2.05) is 45.0 Å². The van der Waals surface area contributed by atoms with Crippen LogP contribution in [-0.4, -0.2) is 44.3 Å². The Morgan fingerprint density at radius 3 is 2.18 bits per heavy atom. The Bertz CT molecular complexity index is 1360. The largest absolute Gasteiger partial charge is 0.354 e. The van der Waals surface area contributed by atoms with E-state index in [-0.39, 0.29) is 17.3 Å². The van der Waals surface area contributed by atoms with E-state index in [0.29, 0.717) is 12.2 Å². The first-order valence-electron chi connectivity index (χ1n) is 12.5. The minimum Gasteiger partial charge on any atom is -0.354 e. The molecule has 0 spiro atoms. The van der Waals surface area contributed by atoms with Crippen molar-refractivity contribution in [3.05, 3.63) is 94.0 Å². The van der Waals surface area contributed by atoms with Crippen LogP contribution in [0.15, 0.2) is 82.2 Å². The third-order valence-corrected chi connectivity index (χ3v) is 8.64. The Kier molecular flexibility index (Phi) is 10.1. The van der Waals surface area contributed by atoms with Crippen LogP contribution >= 0.6 is 15.9 Å². The molecule has 0 saturated heterocycles. The zero-order valence-corrected chi connectivity index (χ0v) is 24.6. The Hall–Kier alpha value is -3.17. The van der Waals surface area contributed by atoms with E-state index in [0.717, 1.165) is 31.9 Å². The monoisotopic (exact) mass is 599 g/mol. The van der Waals surface area contributed by atoms with Crippen molar-refractivity contribution in [3.8, 4) is 0 Å². The summed E-state index contributed by atoms with van der Waals surface area (Å²) in [6.07, 6.45) is 0.760. The van der Waals surface area contributed by atoms with Crippen LogP contribution in [0, 0.1) is 13.8 Å². The van der Waals surface area contributed by atoms with Gasteiger partial charge in [-0.05, 0) is 74.7 Å². The van der Waals surface area contributed by atoms with Gasteiger partial charge in [-0.1, -0.05) is 64.8 Å². The fraction of sp³-hybridized carbons (Fsp3) is 0.310. The minimum absolute atomic E-state index is 0.0815. The summed E-state index contributed by atoms with van der Waals surface area (Å²) >= 11 is 3.38. The Morgan fingerprint density at radius 1 is 0.947 bits per heavy atom. The van der Waals surface area contributed by atoms with Crippen molar-refractivity contribution in [3.63, 3.8) is 0 Å². The highest BCUT2D eigenvalue weighted by atomic mass is 79.9. The number of carbonyl (C=O) groups excluding carboxylic acids is 2. The highest BCUT2D eigenvalue weighted by Gasteiger charge is 2.32. The van der Waals surface area contributed by atoms with Gasteiger partial charge in [0.15, 0.2) is 0 Å². The van der Waals surface area contributed by atoms with Crippen LogP contribution in [-0.2, 0) is 26.2 Å². The van der Waals surface area contributed by atoms with Crippen LogP contribution in [0.3, 0.4) is 0 Å². The number of anilines is 1. The van der Waals surface area contributed by atoms with E-state index in [9.17, 15) is 18.0 Å². The van der Waals surface area contributed by atoms with E-state index in [2.05, 4.69) is 21.2 Å². The fourth-order valence-corrected chi connectivity index (χ4v) is 5.60. The standard InChI is InChI=1S/C29H34BrN3O4S/c1-5-18-31-29(35)23(4)32(19-24-9-7-6-8-22(24)3)28(34)20-33(26-14-12-25(30)13-15-26)38(36,37)27-16-10-21(2)11-17-27/h6-17,23H,5,18-20H2,1-4H3,(H,31,35)/t23-/m1/s1. The lowest BCUT2D eigenvalue weighted by atomic mass is 10.1. The first-order valence-corrected chi connectivity index (χ1v) is 14.7. The Labute approximate surface area is 234 Å². The normalized spacial score (nSPS) is 12.0. The number of rotatable bonds is 11. The van der Waals surface area contributed by atoms with Gasteiger partial charge < -0.3 is 10.2 Å². The lowest BCUT2D eigenvalue weighted by Crippen LogP contribution is -2.51. The van der Waals surface area contributed by atoms with Crippen molar-refractivity contribution in [2.24, 2.45) is 0 Å². The third-order valence-electron chi connectivity index (χ3n) is 6.32. The van der Waals surface area contributed by atoms with Gasteiger partial charge in [-0.15, -0.1) is 0 Å². The van der Waals surface area contributed by atoms with Gasteiger partial charge >= 0.3 is 0 Å². The van der Waals surface area contributed by atoms with Crippen molar-refractivity contribution in [1.82, 2.24) is 10.2 Å². The first kappa shape index (κ1) is 29.4. The van der Waals surface area contributed by atoms with Gasteiger partial charge in [0, 0.05) is 17.6 Å². The molecule has 0 aromatic heterocycles. The molecule has 1 atom stereocenters. The number of benzene rings is 3. The highest BCUT2D eigenvalue weighted by molar-refractivity contribution is 9.10. The second-order valence-corrected chi connectivity index (χ2v) is 12.0. The van der Waals surface area contributed by atoms with E-state index >= 15 is 0 Å². The molecule has 0 aliphatic carbocycles. The topological polar surface area (TPSA) is 86.8 Å². The van der Waals surface area contributed by atoms with Crippen molar-refractivity contribution >= 4 is 43.5 Å². The first-order chi connectivity index (χ1) is 18.0. The molecular weight excluding hydrogens is 566 g/mol. The van der Waals surface area contributed by atoms with Crippen LogP contribution in [0.1, 0.15) is 37.0 Å². The summed E-state index contributed by atoms with van der Waals surface area (Å²) in [7, 11) is -4.08. The molecule has 0 radical (unpaired) electrons. The third kappa shape index (κ3) is 7.23. The van der Waals surface area contributed by atoms with Crippen LogP contribution in [0.5, 0.6) is 0 Å². The average Bonchev–Trinajstić information content (AvgIpc) is 2.90. The quantitative estimate of drug-likeness (QED) is 0.328. The molecule has 3 aromatic carbocycles. The summed E-state index contributed by atoms with van der Waals surface area (Å²) in [5.41, 5.74) is 3.13. The van der Waals surface area contributed by atoms with Gasteiger partial charge in [0.25, 0.3) is 10.0 Å². The molecule has 0 aliphatic rings. The van der Waals surface area contributed by atoms with Crippen LogP contribution in [0.4, 0.5) is 5.69 Å². The van der Waals surface area contributed by atoms with Crippen LogP contribution < -0.4 is 9.62 Å². The molecule has 0 unspecified atom stereocenters. The second-order valence-electron chi connectivity index (χ2n) is 9.22. The maximum Gasteiger partial charge on any atom is 0.264 e. The lowest BCUT2D eigenvalue weighted by molar-refractivity contribution is -0.139. The van der Waals surface area contributed by atoms with Crippen LogP contribution in [0.25, 0.3) is 0 Å². The number of amides is 2. The predicted molar refractivity (Wildman–Crippen MR) is 154 cm³/mol. The van der Waals surface area contributed by atoms with Gasteiger partial charge in [-0.25, -0.2) is 8.42 Å². The number of hydrogen-bond acceptors (Lipinski definition) is 4. The Morgan fingerprint density at radius 2 is 1.58 bits per heavy atom. The van der Waals surface area contributed by atoms with Gasteiger partial charge in [-0.3, -0.25) is 13.9 Å².